The van der Waals surface area contributed by atoms with E-state index in [1.54, 1.807) is 0 Å². The predicted molar refractivity (Wildman–Crippen MR) is 76.2 cm³/mol. The van der Waals surface area contributed by atoms with Crippen LogP contribution in [0.2, 0.25) is 0 Å². The van der Waals surface area contributed by atoms with Crippen molar-refractivity contribution >= 4 is 10.0 Å². The van der Waals surface area contributed by atoms with Crippen LogP contribution in [0.25, 0.3) is 0 Å². The fourth-order valence-corrected chi connectivity index (χ4v) is 3.35. The Labute approximate surface area is 112 Å². The van der Waals surface area contributed by atoms with E-state index in [4.69, 9.17) is 0 Å². The molecule has 0 aromatic carbocycles. The number of nitrogens with one attached hydrogen (secondary N) is 2. The van der Waals surface area contributed by atoms with Gasteiger partial charge in [0.25, 0.3) is 0 Å². The summed E-state index contributed by atoms with van der Waals surface area (Å²) in [7, 11) is -3.09. The number of rotatable bonds is 11. The third-order valence-corrected chi connectivity index (χ3v) is 4.81. The second kappa shape index (κ2) is 8.12. The molecule has 1 atom stereocenters. The molecule has 0 saturated heterocycles. The lowest BCUT2D eigenvalue weighted by Crippen LogP contribution is -2.35. The van der Waals surface area contributed by atoms with Gasteiger partial charge >= 0.3 is 0 Å². The number of sulfonamides is 1. The second-order valence-electron chi connectivity index (χ2n) is 5.42. The van der Waals surface area contributed by atoms with Crippen molar-refractivity contribution in [1.82, 2.24) is 10.0 Å². The molecule has 108 valence electrons. The molecule has 1 saturated carbocycles. The first-order valence-corrected chi connectivity index (χ1v) is 8.92. The zero-order valence-electron chi connectivity index (χ0n) is 11.7. The molecule has 0 radical (unpaired) electrons. The molecule has 0 aliphatic heterocycles. The third-order valence-electron chi connectivity index (χ3n) is 3.22. The lowest BCUT2D eigenvalue weighted by molar-refractivity contribution is 0.524. The zero-order valence-corrected chi connectivity index (χ0v) is 12.6. The molecule has 0 aromatic heterocycles. The summed E-state index contributed by atoms with van der Waals surface area (Å²) in [6.07, 6.45) is 7.59. The van der Waals surface area contributed by atoms with E-state index in [0.29, 0.717) is 12.5 Å². The Morgan fingerprint density at radius 1 is 1.22 bits per heavy atom. The fraction of sp³-hybridized carbons (Fsp3) is 1.00. The first-order chi connectivity index (χ1) is 8.53. The topological polar surface area (TPSA) is 58.2 Å². The molecule has 18 heavy (non-hydrogen) atoms. The molecule has 1 fully saturated rings. The SMILES string of the molecule is CCCCCC(C)NS(=O)(=O)CCCNC1CC1. The van der Waals surface area contributed by atoms with Crippen molar-refractivity contribution in [2.45, 2.75) is 70.9 Å². The quantitative estimate of drug-likeness (QED) is 0.568. The van der Waals surface area contributed by atoms with Gasteiger partial charge in [-0.15, -0.1) is 0 Å². The van der Waals surface area contributed by atoms with Gasteiger partial charge < -0.3 is 5.32 Å². The first-order valence-electron chi connectivity index (χ1n) is 7.27. The van der Waals surface area contributed by atoms with E-state index >= 15 is 0 Å². The van der Waals surface area contributed by atoms with E-state index in [1.807, 2.05) is 6.92 Å². The maximum atomic E-state index is 11.8. The van der Waals surface area contributed by atoms with Crippen LogP contribution in [0, 0.1) is 0 Å². The zero-order chi connectivity index (χ0) is 13.4. The van der Waals surface area contributed by atoms with Gasteiger partial charge in [0.05, 0.1) is 5.75 Å². The van der Waals surface area contributed by atoms with Gasteiger partial charge in [0, 0.05) is 12.1 Å². The highest BCUT2D eigenvalue weighted by Crippen LogP contribution is 2.18. The molecular formula is C13H28N2O2S. The molecule has 1 rings (SSSR count). The van der Waals surface area contributed by atoms with E-state index in [1.165, 1.54) is 25.7 Å². The molecule has 0 heterocycles. The Morgan fingerprint density at radius 2 is 1.94 bits per heavy atom. The summed E-state index contributed by atoms with van der Waals surface area (Å²) in [4.78, 5) is 0. The van der Waals surface area contributed by atoms with Crippen LogP contribution >= 0.6 is 0 Å². The van der Waals surface area contributed by atoms with Gasteiger partial charge in [0.2, 0.25) is 10.0 Å². The highest BCUT2D eigenvalue weighted by molar-refractivity contribution is 7.89. The minimum atomic E-state index is -3.09. The molecule has 1 aliphatic carbocycles. The maximum absolute atomic E-state index is 11.8. The van der Waals surface area contributed by atoms with Crippen molar-refractivity contribution in [3.8, 4) is 0 Å². The van der Waals surface area contributed by atoms with Crippen LogP contribution in [0.15, 0.2) is 0 Å². The molecule has 0 spiro atoms. The third kappa shape index (κ3) is 8.06. The number of hydrogen-bond acceptors (Lipinski definition) is 3. The summed E-state index contributed by atoms with van der Waals surface area (Å²) in [6.45, 7) is 4.92. The largest absolute Gasteiger partial charge is 0.314 e. The monoisotopic (exact) mass is 276 g/mol. The Kier molecular flexibility index (Phi) is 7.19. The standard InChI is InChI=1S/C13H28N2O2S/c1-3-4-5-7-12(2)15-18(16,17)11-6-10-14-13-8-9-13/h12-15H,3-11H2,1-2H3. The molecule has 4 nitrogen and oxygen atoms in total. The van der Waals surface area contributed by atoms with Crippen LogP contribution < -0.4 is 10.0 Å². The van der Waals surface area contributed by atoms with E-state index < -0.39 is 10.0 Å². The van der Waals surface area contributed by atoms with Gasteiger partial charge in [-0.3, -0.25) is 0 Å². The van der Waals surface area contributed by atoms with Crippen molar-refractivity contribution in [3.63, 3.8) is 0 Å². The van der Waals surface area contributed by atoms with Crippen molar-refractivity contribution in [3.05, 3.63) is 0 Å². The summed E-state index contributed by atoms with van der Waals surface area (Å²) in [5.74, 6) is 0.241. The van der Waals surface area contributed by atoms with Gasteiger partial charge in [-0.05, 0) is 39.2 Å². The van der Waals surface area contributed by atoms with E-state index in [2.05, 4.69) is 17.0 Å². The fourth-order valence-electron chi connectivity index (χ4n) is 1.98. The normalized spacial score (nSPS) is 17.9. The summed E-state index contributed by atoms with van der Waals surface area (Å²) in [5.41, 5.74) is 0. The van der Waals surface area contributed by atoms with E-state index in [9.17, 15) is 8.42 Å². The van der Waals surface area contributed by atoms with Crippen LogP contribution in [0.4, 0.5) is 0 Å². The summed E-state index contributed by atoms with van der Waals surface area (Å²) in [5, 5.41) is 3.33. The Bertz CT molecular complexity index is 313. The Morgan fingerprint density at radius 3 is 2.56 bits per heavy atom. The maximum Gasteiger partial charge on any atom is 0.211 e. The van der Waals surface area contributed by atoms with Gasteiger partial charge in [-0.1, -0.05) is 26.2 Å². The van der Waals surface area contributed by atoms with E-state index in [-0.39, 0.29) is 11.8 Å². The molecule has 0 aromatic rings. The molecule has 1 unspecified atom stereocenters. The van der Waals surface area contributed by atoms with Crippen LogP contribution in [0.5, 0.6) is 0 Å². The van der Waals surface area contributed by atoms with Crippen LogP contribution in [-0.2, 0) is 10.0 Å². The average molecular weight is 276 g/mol. The van der Waals surface area contributed by atoms with Gasteiger partial charge in [-0.2, -0.15) is 0 Å². The predicted octanol–water partition coefficient (Wildman–Crippen LogP) is 2.02. The van der Waals surface area contributed by atoms with Gasteiger partial charge in [0.15, 0.2) is 0 Å². The van der Waals surface area contributed by atoms with Gasteiger partial charge in [0.1, 0.15) is 0 Å². The highest BCUT2D eigenvalue weighted by Gasteiger charge is 2.20. The molecule has 5 heteroatoms. The minimum absolute atomic E-state index is 0.0675. The van der Waals surface area contributed by atoms with Gasteiger partial charge in [-0.25, -0.2) is 13.1 Å². The van der Waals surface area contributed by atoms with Crippen LogP contribution in [-0.4, -0.2) is 32.8 Å². The molecule has 1 aliphatic rings. The Hall–Kier alpha value is -0.130. The lowest BCUT2D eigenvalue weighted by atomic mass is 10.1. The first kappa shape index (κ1) is 15.9. The minimum Gasteiger partial charge on any atom is -0.314 e. The highest BCUT2D eigenvalue weighted by atomic mass is 32.2. The summed E-state index contributed by atoms with van der Waals surface area (Å²) < 4.78 is 26.4. The lowest BCUT2D eigenvalue weighted by Gasteiger charge is -2.14. The molecule has 2 N–H and O–H groups in total. The average Bonchev–Trinajstić information content (AvgIpc) is 3.08. The van der Waals surface area contributed by atoms with E-state index in [0.717, 1.165) is 19.4 Å². The van der Waals surface area contributed by atoms with Crippen molar-refractivity contribution in [2.75, 3.05) is 12.3 Å². The number of unbranched alkanes of at least 4 members (excludes halogenated alkanes) is 2. The van der Waals surface area contributed by atoms with Crippen molar-refractivity contribution in [2.24, 2.45) is 0 Å². The second-order valence-corrected chi connectivity index (χ2v) is 7.29. The molecule has 0 amide bonds. The molecule has 0 bridgehead atoms. The Balaban J connectivity index is 2.08. The number of hydrogen-bond donors (Lipinski definition) is 2. The smallest absolute Gasteiger partial charge is 0.211 e. The molecular weight excluding hydrogens is 248 g/mol. The van der Waals surface area contributed by atoms with Crippen LogP contribution in [0.1, 0.15) is 58.8 Å². The summed E-state index contributed by atoms with van der Waals surface area (Å²) in [6, 6.07) is 0.728. The summed E-state index contributed by atoms with van der Waals surface area (Å²) >= 11 is 0. The van der Waals surface area contributed by atoms with Crippen molar-refractivity contribution in [1.29, 1.82) is 0 Å². The van der Waals surface area contributed by atoms with Crippen molar-refractivity contribution < 1.29 is 8.42 Å². The van der Waals surface area contributed by atoms with Crippen LogP contribution in [0.3, 0.4) is 0 Å².